The van der Waals surface area contributed by atoms with Gasteiger partial charge in [-0.05, 0) is 142 Å². The number of halogens is 1. The van der Waals surface area contributed by atoms with Crippen LogP contribution in [0.2, 0.25) is 0 Å². The van der Waals surface area contributed by atoms with Gasteiger partial charge in [0.05, 0.1) is 27.6 Å². The standard InChI is InChI=1S/C47H50FN7O7S/c1-26-21-34(22-27(2)40(26)48)54-42(56)37-14-18-53(29(4)41(37)50-45(54)49-17-13-30-5-8-35(9-6-30)63(59,60)36-10-11-36)43(57)39-24-33-23-32(31-15-19-61-20-16-31)7-12-38(33)55(39)47(25-28(47)3)44-51-46(58)62-52-44/h5-9,12,21-24,28-29,31,36H,10-11,13-20,25H2,1-4H3,(H,49,50)(H,51,52,58)/t28-,29-,47+/m1/s1. The summed E-state index contributed by atoms with van der Waals surface area (Å²) in [6.07, 6.45) is 4.56. The van der Waals surface area contributed by atoms with Gasteiger partial charge in [-0.1, -0.05) is 30.3 Å². The summed E-state index contributed by atoms with van der Waals surface area (Å²) in [5.41, 5.74) is 4.39. The van der Waals surface area contributed by atoms with Crippen molar-refractivity contribution in [1.82, 2.24) is 29.2 Å². The van der Waals surface area contributed by atoms with Crippen molar-refractivity contribution in [2.24, 2.45) is 5.92 Å². The van der Waals surface area contributed by atoms with Crippen LogP contribution in [0, 0.1) is 25.6 Å². The van der Waals surface area contributed by atoms with Gasteiger partial charge in [-0.25, -0.2) is 27.2 Å². The maximum atomic E-state index is 15.2. The maximum Gasteiger partial charge on any atom is 0.438 e. The number of amides is 1. The molecule has 2 aliphatic carbocycles. The van der Waals surface area contributed by atoms with E-state index in [0.29, 0.717) is 95.8 Å². The van der Waals surface area contributed by atoms with Gasteiger partial charge in [0, 0.05) is 42.8 Å². The van der Waals surface area contributed by atoms with Crippen molar-refractivity contribution in [2.45, 2.75) is 100 Å². The number of fused-ring (bicyclic) bond motifs is 2. The highest BCUT2D eigenvalue weighted by Gasteiger charge is 2.59. The van der Waals surface area contributed by atoms with Crippen molar-refractivity contribution in [2.75, 3.05) is 31.6 Å². The molecule has 6 aromatic rings. The van der Waals surface area contributed by atoms with Crippen LogP contribution in [0.5, 0.6) is 0 Å². The Kier molecular flexibility index (Phi) is 10.1. The van der Waals surface area contributed by atoms with E-state index in [2.05, 4.69) is 40.6 Å². The first-order valence-electron chi connectivity index (χ1n) is 21.9. The highest BCUT2D eigenvalue weighted by molar-refractivity contribution is 7.92. The normalized spacial score (nSPS) is 21.4. The lowest BCUT2D eigenvalue weighted by atomic mass is 9.91. The van der Waals surface area contributed by atoms with Crippen LogP contribution in [0.3, 0.4) is 0 Å². The Bertz CT molecular complexity index is 3010. The SMILES string of the molecule is Cc1cc(-n2c(NCCc3ccc(S(=O)(=O)C4CC4)cc3)nc3c(c2=O)CCN(C(=O)c2cc4cc(C5CCOCC5)ccc4n2[C@@]2(c4noc(=O)[nH]4)C[C@H]2C)[C@@H]3C)cc(C)c1F. The number of carbonyl (C=O) groups excluding carboxylic acids is 1. The molecule has 0 radical (unpaired) electrons. The fraction of sp³-hybridized carbons (Fsp3) is 0.426. The fourth-order valence-electron chi connectivity index (χ4n) is 9.97. The van der Waals surface area contributed by atoms with Gasteiger partial charge in [-0.2, -0.15) is 0 Å². The first-order chi connectivity index (χ1) is 30.3. The summed E-state index contributed by atoms with van der Waals surface area (Å²) in [6.45, 7) is 9.23. The molecule has 328 valence electrons. The zero-order valence-electron chi connectivity index (χ0n) is 35.7. The lowest BCUT2D eigenvalue weighted by Crippen LogP contribution is -2.44. The van der Waals surface area contributed by atoms with Gasteiger partial charge in [0.2, 0.25) is 5.95 Å². The predicted octanol–water partition coefficient (Wildman–Crippen LogP) is 6.65. The van der Waals surface area contributed by atoms with Crippen molar-refractivity contribution in [3.63, 3.8) is 0 Å². The van der Waals surface area contributed by atoms with Crippen LogP contribution in [-0.2, 0) is 33.0 Å². The molecule has 14 nitrogen and oxygen atoms in total. The molecule has 1 saturated heterocycles. The Morgan fingerprint density at radius 2 is 1.70 bits per heavy atom. The van der Waals surface area contributed by atoms with Crippen LogP contribution in [-0.4, -0.2) is 75.0 Å². The monoisotopic (exact) mass is 875 g/mol. The number of sulfone groups is 1. The molecule has 0 unspecified atom stereocenters. The van der Waals surface area contributed by atoms with Crippen molar-refractivity contribution in [3.05, 3.63) is 132 Å². The number of aromatic nitrogens is 5. The molecule has 3 atom stereocenters. The van der Waals surface area contributed by atoms with Gasteiger partial charge in [0.25, 0.3) is 11.5 Å². The summed E-state index contributed by atoms with van der Waals surface area (Å²) in [4.78, 5) is 52.2. The van der Waals surface area contributed by atoms with E-state index in [0.717, 1.165) is 29.3 Å². The van der Waals surface area contributed by atoms with E-state index in [-0.39, 0.29) is 47.4 Å². The van der Waals surface area contributed by atoms with Crippen molar-refractivity contribution < 1.29 is 26.9 Å². The van der Waals surface area contributed by atoms with E-state index in [1.165, 1.54) is 10.1 Å². The minimum absolute atomic E-state index is 0.0243. The van der Waals surface area contributed by atoms with Crippen molar-refractivity contribution >= 4 is 32.6 Å². The van der Waals surface area contributed by atoms with E-state index in [9.17, 15) is 22.4 Å². The molecule has 5 heterocycles. The molecule has 3 fully saturated rings. The zero-order chi connectivity index (χ0) is 43.9. The molecule has 63 heavy (non-hydrogen) atoms. The molecule has 2 aliphatic heterocycles. The van der Waals surface area contributed by atoms with Crippen LogP contribution >= 0.6 is 0 Å². The Morgan fingerprint density at radius 1 is 0.984 bits per heavy atom. The molecule has 3 aromatic heterocycles. The van der Waals surface area contributed by atoms with Gasteiger partial charge in [0.15, 0.2) is 15.7 Å². The van der Waals surface area contributed by atoms with Crippen molar-refractivity contribution in [3.8, 4) is 5.69 Å². The maximum absolute atomic E-state index is 15.2. The first kappa shape index (κ1) is 41.2. The molecule has 2 N–H and O–H groups in total. The number of carbonyl (C=O) groups is 1. The topological polar surface area (TPSA) is 174 Å². The number of aryl methyl sites for hydroxylation is 2. The molecule has 2 saturated carbocycles. The molecule has 3 aromatic carbocycles. The number of benzene rings is 3. The summed E-state index contributed by atoms with van der Waals surface area (Å²) in [7, 11) is -3.32. The van der Waals surface area contributed by atoms with E-state index < -0.39 is 27.2 Å². The van der Waals surface area contributed by atoms with Crippen LogP contribution in [0.25, 0.3) is 16.6 Å². The minimum Gasteiger partial charge on any atom is -0.381 e. The van der Waals surface area contributed by atoms with Crippen LogP contribution < -0.4 is 16.6 Å². The molecule has 0 spiro atoms. The number of ether oxygens (including phenoxy) is 1. The summed E-state index contributed by atoms with van der Waals surface area (Å²) < 4.78 is 54.7. The van der Waals surface area contributed by atoms with Crippen LogP contribution in [0.4, 0.5) is 10.3 Å². The average Bonchev–Trinajstić information content (AvgIpc) is 4.17. The molecular weight excluding hydrogens is 826 g/mol. The Labute approximate surface area is 363 Å². The second kappa shape index (κ2) is 15.4. The smallest absolute Gasteiger partial charge is 0.381 e. The Hall–Kier alpha value is -5.87. The minimum atomic E-state index is -3.32. The van der Waals surface area contributed by atoms with Crippen LogP contribution in [0.15, 0.2) is 79.7 Å². The third kappa shape index (κ3) is 7.01. The molecule has 1 amide bonds. The summed E-state index contributed by atoms with van der Waals surface area (Å²) in [6, 6.07) is 17.8. The quantitative estimate of drug-likeness (QED) is 0.144. The largest absolute Gasteiger partial charge is 0.438 e. The number of H-pyrrole nitrogens is 1. The van der Waals surface area contributed by atoms with Gasteiger partial charge in [-0.3, -0.25) is 19.1 Å². The molecule has 16 heteroatoms. The lowest BCUT2D eigenvalue weighted by Gasteiger charge is -2.35. The Balaban J connectivity index is 1.02. The van der Waals surface area contributed by atoms with E-state index in [1.54, 1.807) is 55.1 Å². The molecule has 0 bridgehead atoms. The van der Waals surface area contributed by atoms with E-state index in [4.69, 9.17) is 14.2 Å². The Morgan fingerprint density at radius 3 is 2.35 bits per heavy atom. The lowest BCUT2D eigenvalue weighted by molar-refractivity contribution is 0.0658. The number of rotatable bonds is 11. The fourth-order valence-corrected chi connectivity index (χ4v) is 11.6. The number of nitrogens with zero attached hydrogens (tertiary/aromatic N) is 5. The van der Waals surface area contributed by atoms with Crippen molar-refractivity contribution in [1.29, 1.82) is 0 Å². The molecule has 10 rings (SSSR count). The van der Waals surface area contributed by atoms with Crippen LogP contribution in [0.1, 0.15) is 108 Å². The average molecular weight is 876 g/mol. The number of hydrogen-bond acceptors (Lipinski definition) is 10. The molecule has 4 aliphatic rings. The van der Waals surface area contributed by atoms with Gasteiger partial charge in [-0.15, -0.1) is 0 Å². The third-order valence-electron chi connectivity index (χ3n) is 13.8. The van der Waals surface area contributed by atoms with Gasteiger partial charge < -0.3 is 19.5 Å². The second-order valence-electron chi connectivity index (χ2n) is 17.9. The highest BCUT2D eigenvalue weighted by Crippen LogP contribution is 2.56. The summed E-state index contributed by atoms with van der Waals surface area (Å²) in [5.74, 6) is -0.303. The predicted molar refractivity (Wildman–Crippen MR) is 234 cm³/mol. The number of hydrogen-bond donors (Lipinski definition) is 2. The van der Waals surface area contributed by atoms with Gasteiger partial charge >= 0.3 is 5.76 Å². The van der Waals surface area contributed by atoms with E-state index >= 15 is 4.79 Å². The molecular formula is C47H50FN7O7S. The third-order valence-corrected chi connectivity index (χ3v) is 16.1. The zero-order valence-corrected chi connectivity index (χ0v) is 36.6. The second-order valence-corrected chi connectivity index (χ2v) is 20.1. The number of aromatic amines is 1. The number of nitrogens with one attached hydrogen (secondary N) is 2. The van der Waals surface area contributed by atoms with E-state index in [1.807, 2.05) is 17.6 Å². The first-order valence-corrected chi connectivity index (χ1v) is 23.4. The highest BCUT2D eigenvalue weighted by atomic mass is 32.2. The summed E-state index contributed by atoms with van der Waals surface area (Å²) >= 11 is 0. The number of anilines is 1. The van der Waals surface area contributed by atoms with Gasteiger partial charge in [0.1, 0.15) is 17.1 Å². The summed E-state index contributed by atoms with van der Waals surface area (Å²) in [5, 5.41) is 8.11.